The van der Waals surface area contributed by atoms with Gasteiger partial charge in [0.2, 0.25) is 17.8 Å². The lowest BCUT2D eigenvalue weighted by molar-refractivity contribution is -0.131. The molecule has 7 nitrogen and oxygen atoms in total. The average Bonchev–Trinajstić information content (AvgIpc) is 3.29. The normalized spacial score (nSPS) is 14.1. The van der Waals surface area contributed by atoms with Gasteiger partial charge in [-0.3, -0.25) is 14.9 Å². The molecule has 190 valence electrons. The van der Waals surface area contributed by atoms with Crippen LogP contribution in [-0.4, -0.2) is 47.8 Å². The van der Waals surface area contributed by atoms with Crippen LogP contribution in [0.2, 0.25) is 0 Å². The molecule has 0 unspecified atom stereocenters. The molecule has 3 aromatic rings. The summed E-state index contributed by atoms with van der Waals surface area (Å²) in [5.74, 6) is 1.50. The van der Waals surface area contributed by atoms with Crippen molar-refractivity contribution >= 4 is 23.5 Å². The number of rotatable bonds is 10. The van der Waals surface area contributed by atoms with Crippen molar-refractivity contribution in [2.24, 2.45) is 4.99 Å². The first-order valence-electron chi connectivity index (χ1n) is 12.8. The highest BCUT2D eigenvalue weighted by atomic mass is 16.5. The summed E-state index contributed by atoms with van der Waals surface area (Å²) in [6.07, 6.45) is 3.10. The molecule has 1 saturated heterocycles. The number of guanidine groups is 1. The molecule has 3 aromatic carbocycles. The molecule has 7 heteroatoms. The second-order valence-corrected chi connectivity index (χ2v) is 9.52. The summed E-state index contributed by atoms with van der Waals surface area (Å²) >= 11 is 0. The van der Waals surface area contributed by atoms with Crippen LogP contribution < -0.4 is 10.1 Å². The van der Waals surface area contributed by atoms with Crippen LogP contribution >= 0.6 is 0 Å². The van der Waals surface area contributed by atoms with E-state index in [1.54, 1.807) is 0 Å². The Balaban J connectivity index is 1.09. The Labute approximate surface area is 217 Å². The maximum atomic E-state index is 13.1. The number of benzene rings is 3. The molecule has 37 heavy (non-hydrogen) atoms. The number of nitrogens with one attached hydrogen (secondary N) is 1. The number of amides is 2. The quantitative estimate of drug-likeness (QED) is 0.409. The molecule has 1 fully saturated rings. The number of nitrogens with zero attached hydrogens (tertiary/aromatic N) is 3. The monoisotopic (exact) mass is 496 g/mol. The van der Waals surface area contributed by atoms with Gasteiger partial charge in [0.25, 0.3) is 0 Å². The van der Waals surface area contributed by atoms with Gasteiger partial charge in [0, 0.05) is 26.1 Å². The summed E-state index contributed by atoms with van der Waals surface area (Å²) in [5.41, 5.74) is 4.14. The van der Waals surface area contributed by atoms with Gasteiger partial charge in [0.05, 0.1) is 18.3 Å². The van der Waals surface area contributed by atoms with Crippen molar-refractivity contribution in [3.8, 4) is 5.75 Å². The Morgan fingerprint density at radius 2 is 1.68 bits per heavy atom. The van der Waals surface area contributed by atoms with Crippen molar-refractivity contribution in [3.05, 3.63) is 95.6 Å². The molecule has 5 rings (SSSR count). The zero-order valence-electron chi connectivity index (χ0n) is 21.1. The lowest BCUT2D eigenvalue weighted by Crippen LogP contribution is -2.31. The van der Waals surface area contributed by atoms with Crippen LogP contribution in [0.15, 0.2) is 83.9 Å². The molecule has 0 atom stereocenters. The Morgan fingerprint density at radius 1 is 0.973 bits per heavy atom. The number of unbranched alkanes of at least 4 members (excludes halogenated alkanes) is 2. The smallest absolute Gasteiger partial charge is 0.246 e. The molecule has 0 saturated carbocycles. The summed E-state index contributed by atoms with van der Waals surface area (Å²) < 4.78 is 5.95. The summed E-state index contributed by atoms with van der Waals surface area (Å²) in [4.78, 5) is 33.0. The standard InChI is InChI=1S/C30H32N4O3/c1-33(29(22-11-5-2-6-12-22)23-13-7-3-8-14-23)28(36)15-9-4-10-18-37-25-17-16-24-20-34-21-27(35)32-30(34)31-26(24)19-25/h2-3,5-8,11-14,16-17,19,29H,4,9-10,15,18,20-21H2,1H3,(H,31,32,35). The van der Waals surface area contributed by atoms with Gasteiger partial charge >= 0.3 is 0 Å². The van der Waals surface area contributed by atoms with Crippen LogP contribution in [0.5, 0.6) is 5.75 Å². The minimum Gasteiger partial charge on any atom is -0.494 e. The van der Waals surface area contributed by atoms with E-state index in [9.17, 15) is 9.59 Å². The number of hydrogen-bond donors (Lipinski definition) is 1. The molecule has 2 amide bonds. The van der Waals surface area contributed by atoms with Gasteiger partial charge in [-0.2, -0.15) is 0 Å². The van der Waals surface area contributed by atoms with Crippen molar-refractivity contribution in [3.63, 3.8) is 0 Å². The first kappa shape index (κ1) is 24.6. The van der Waals surface area contributed by atoms with Crippen molar-refractivity contribution in [1.29, 1.82) is 0 Å². The Morgan fingerprint density at radius 3 is 2.38 bits per heavy atom. The van der Waals surface area contributed by atoms with Gasteiger partial charge < -0.3 is 14.5 Å². The number of fused-ring (bicyclic) bond motifs is 2. The van der Waals surface area contributed by atoms with E-state index in [2.05, 4.69) is 34.6 Å². The number of aliphatic imine (C=N–C) groups is 1. The van der Waals surface area contributed by atoms with Gasteiger partial charge in [-0.05, 0) is 42.0 Å². The largest absolute Gasteiger partial charge is 0.494 e. The maximum absolute atomic E-state index is 13.1. The van der Waals surface area contributed by atoms with E-state index in [0.29, 0.717) is 32.1 Å². The third-order valence-electron chi connectivity index (χ3n) is 6.84. The minimum absolute atomic E-state index is 0.0247. The van der Waals surface area contributed by atoms with Crippen LogP contribution in [0.4, 0.5) is 5.69 Å². The third kappa shape index (κ3) is 5.82. The highest BCUT2D eigenvalue weighted by Crippen LogP contribution is 2.31. The highest BCUT2D eigenvalue weighted by Gasteiger charge is 2.29. The fraction of sp³-hybridized carbons (Fsp3) is 0.300. The predicted octanol–water partition coefficient (Wildman–Crippen LogP) is 4.81. The van der Waals surface area contributed by atoms with E-state index in [4.69, 9.17) is 4.74 Å². The van der Waals surface area contributed by atoms with Crippen molar-refractivity contribution in [2.75, 3.05) is 20.2 Å². The Kier molecular flexibility index (Phi) is 7.49. The molecule has 2 heterocycles. The van der Waals surface area contributed by atoms with E-state index in [0.717, 1.165) is 47.4 Å². The molecule has 1 N–H and O–H groups in total. The van der Waals surface area contributed by atoms with E-state index in [-0.39, 0.29) is 17.9 Å². The molecular formula is C30H32N4O3. The van der Waals surface area contributed by atoms with Crippen LogP contribution in [0.25, 0.3) is 0 Å². The van der Waals surface area contributed by atoms with Gasteiger partial charge in [0.1, 0.15) is 12.3 Å². The van der Waals surface area contributed by atoms with Crippen LogP contribution in [-0.2, 0) is 16.1 Å². The van der Waals surface area contributed by atoms with Gasteiger partial charge in [-0.1, -0.05) is 66.7 Å². The third-order valence-corrected chi connectivity index (χ3v) is 6.84. The number of carbonyl (C=O) groups excluding carboxylic acids is 2. The van der Waals surface area contributed by atoms with E-state index >= 15 is 0 Å². The Bertz CT molecular complexity index is 1240. The van der Waals surface area contributed by atoms with Crippen LogP contribution in [0, 0.1) is 0 Å². The topological polar surface area (TPSA) is 74.2 Å². The first-order valence-corrected chi connectivity index (χ1v) is 12.8. The summed E-state index contributed by atoms with van der Waals surface area (Å²) in [5, 5.41) is 2.79. The molecule has 0 aromatic heterocycles. The van der Waals surface area contributed by atoms with Crippen LogP contribution in [0.1, 0.15) is 48.4 Å². The average molecular weight is 497 g/mol. The van der Waals surface area contributed by atoms with E-state index in [1.165, 1.54) is 0 Å². The fourth-order valence-electron chi connectivity index (χ4n) is 4.89. The second kappa shape index (κ2) is 11.3. The molecule has 2 aliphatic rings. The van der Waals surface area contributed by atoms with Crippen molar-refractivity contribution < 1.29 is 14.3 Å². The van der Waals surface area contributed by atoms with E-state index in [1.807, 2.05) is 71.4 Å². The predicted molar refractivity (Wildman–Crippen MR) is 144 cm³/mol. The van der Waals surface area contributed by atoms with Crippen molar-refractivity contribution in [1.82, 2.24) is 15.1 Å². The molecule has 0 bridgehead atoms. The first-order chi connectivity index (χ1) is 18.1. The summed E-state index contributed by atoms with van der Waals surface area (Å²) in [6, 6.07) is 26.1. The second-order valence-electron chi connectivity index (χ2n) is 9.52. The number of ether oxygens (including phenoxy) is 1. The lowest BCUT2D eigenvalue weighted by Gasteiger charge is -2.29. The minimum atomic E-state index is -0.101. The fourth-order valence-corrected chi connectivity index (χ4v) is 4.89. The van der Waals surface area contributed by atoms with Gasteiger partial charge in [0.15, 0.2) is 0 Å². The SMILES string of the molecule is CN(C(=O)CCCCCOc1ccc2c(c1)N=C1NC(=O)CN1C2)C(c1ccccc1)c1ccccc1. The van der Waals surface area contributed by atoms with Gasteiger partial charge in [-0.15, -0.1) is 0 Å². The van der Waals surface area contributed by atoms with Crippen molar-refractivity contribution in [2.45, 2.75) is 38.3 Å². The molecular weight excluding hydrogens is 464 g/mol. The lowest BCUT2D eigenvalue weighted by atomic mass is 9.97. The molecule has 2 aliphatic heterocycles. The Hall–Kier alpha value is -4.13. The van der Waals surface area contributed by atoms with E-state index < -0.39 is 0 Å². The zero-order valence-corrected chi connectivity index (χ0v) is 21.1. The van der Waals surface area contributed by atoms with Crippen LogP contribution in [0.3, 0.4) is 0 Å². The summed E-state index contributed by atoms with van der Waals surface area (Å²) in [6.45, 7) is 1.61. The highest BCUT2D eigenvalue weighted by molar-refractivity contribution is 6.05. The molecule has 0 radical (unpaired) electrons. The van der Waals surface area contributed by atoms with Gasteiger partial charge in [-0.25, -0.2) is 4.99 Å². The summed E-state index contributed by atoms with van der Waals surface area (Å²) in [7, 11) is 1.89. The maximum Gasteiger partial charge on any atom is 0.246 e. The molecule has 0 aliphatic carbocycles. The number of carbonyl (C=O) groups is 2. The number of hydrogen-bond acceptors (Lipinski definition) is 5. The zero-order chi connectivity index (χ0) is 25.6. The molecule has 0 spiro atoms.